The van der Waals surface area contributed by atoms with Gasteiger partial charge in [-0.1, -0.05) is 6.07 Å². The number of nitrogen functional groups attached to an aromatic ring is 1. The molecular formula is C28H31N7O8. The second-order valence-electron chi connectivity index (χ2n) is 10.4. The normalized spacial score (nSPS) is 18.8. The van der Waals surface area contributed by atoms with E-state index in [2.05, 4.69) is 20.4 Å². The van der Waals surface area contributed by atoms with Crippen molar-refractivity contribution < 1.29 is 33.6 Å². The van der Waals surface area contributed by atoms with Crippen molar-refractivity contribution in [1.29, 1.82) is 0 Å². The predicted molar refractivity (Wildman–Crippen MR) is 152 cm³/mol. The lowest BCUT2D eigenvalue weighted by Gasteiger charge is -2.36. The number of anilines is 2. The Morgan fingerprint density at radius 2 is 1.86 bits per heavy atom. The van der Waals surface area contributed by atoms with Gasteiger partial charge in [0.2, 0.25) is 11.8 Å². The van der Waals surface area contributed by atoms with Gasteiger partial charge in [0.1, 0.15) is 17.5 Å². The second-order valence-corrected chi connectivity index (χ2v) is 10.4. The highest BCUT2D eigenvalue weighted by Gasteiger charge is 2.46. The molecule has 3 aliphatic rings. The van der Waals surface area contributed by atoms with Crippen molar-refractivity contribution in [2.24, 2.45) is 0 Å². The minimum absolute atomic E-state index is 0.0134. The highest BCUT2D eigenvalue weighted by atomic mass is 16.6. The molecule has 0 saturated carbocycles. The predicted octanol–water partition coefficient (Wildman–Crippen LogP) is 0.286. The van der Waals surface area contributed by atoms with Crippen molar-refractivity contribution in [1.82, 2.24) is 20.4 Å². The van der Waals surface area contributed by atoms with Gasteiger partial charge in [-0.3, -0.25) is 49.2 Å². The van der Waals surface area contributed by atoms with Gasteiger partial charge in [0.15, 0.2) is 6.61 Å². The molecule has 0 aromatic heterocycles. The van der Waals surface area contributed by atoms with Gasteiger partial charge in [0.25, 0.3) is 23.4 Å². The van der Waals surface area contributed by atoms with Gasteiger partial charge in [0, 0.05) is 50.9 Å². The number of piperidine rings is 1. The van der Waals surface area contributed by atoms with Crippen molar-refractivity contribution in [2.75, 3.05) is 56.5 Å². The first kappa shape index (κ1) is 29.4. The summed E-state index contributed by atoms with van der Waals surface area (Å²) in [5, 5.41) is 15.9. The molecule has 4 N–H and O–H groups in total. The van der Waals surface area contributed by atoms with Crippen LogP contribution in [0.5, 0.6) is 5.75 Å². The summed E-state index contributed by atoms with van der Waals surface area (Å²) in [5.74, 6) is -2.85. The number of amides is 5. The van der Waals surface area contributed by atoms with E-state index in [0.717, 1.165) is 43.3 Å². The van der Waals surface area contributed by atoms with Gasteiger partial charge in [0.05, 0.1) is 16.1 Å². The number of carbonyl (C=O) groups excluding carboxylic acids is 5. The van der Waals surface area contributed by atoms with E-state index in [0.29, 0.717) is 13.0 Å². The smallest absolute Gasteiger partial charge is 0.292 e. The molecule has 0 spiro atoms. The van der Waals surface area contributed by atoms with E-state index in [1.54, 1.807) is 12.1 Å². The molecule has 2 saturated heterocycles. The first-order valence-electron chi connectivity index (χ1n) is 13.9. The highest BCUT2D eigenvalue weighted by Crippen LogP contribution is 2.33. The van der Waals surface area contributed by atoms with Crippen LogP contribution in [0, 0.1) is 10.1 Å². The average Bonchev–Trinajstić information content (AvgIpc) is 3.24. The number of nitrogens with zero attached hydrogens (tertiary/aromatic N) is 4. The minimum atomic E-state index is -1.09. The third-order valence-electron chi connectivity index (χ3n) is 7.71. The third-order valence-corrected chi connectivity index (χ3v) is 7.71. The van der Waals surface area contributed by atoms with Gasteiger partial charge in [-0.05, 0) is 43.7 Å². The molecule has 0 aliphatic carbocycles. The van der Waals surface area contributed by atoms with Crippen LogP contribution in [0.3, 0.4) is 0 Å². The molecule has 226 valence electrons. The Kier molecular flexibility index (Phi) is 8.52. The first-order valence-corrected chi connectivity index (χ1v) is 13.9. The number of benzene rings is 2. The van der Waals surface area contributed by atoms with Crippen LogP contribution in [0.15, 0.2) is 36.4 Å². The zero-order valence-electron chi connectivity index (χ0n) is 23.2. The molecule has 0 bridgehead atoms. The number of nitrogens with two attached hydrogens (primary N) is 1. The Morgan fingerprint density at radius 3 is 2.56 bits per heavy atom. The molecule has 15 nitrogen and oxygen atoms in total. The Bertz CT molecular complexity index is 1490. The van der Waals surface area contributed by atoms with Gasteiger partial charge >= 0.3 is 0 Å². The van der Waals surface area contributed by atoms with Crippen molar-refractivity contribution in [2.45, 2.75) is 25.3 Å². The Hall–Kier alpha value is -5.05. The SMILES string of the molecule is Nc1cc(N2CCN(CCCNC(=O)COc3cccc4c3C(=O)N(C3CCC(=O)NC3=O)C4=O)CC2)ccc1[N+](=O)[O-]. The number of fused-ring (bicyclic) bond motifs is 1. The maximum Gasteiger partial charge on any atom is 0.292 e. The number of rotatable bonds is 10. The van der Waals surface area contributed by atoms with E-state index >= 15 is 0 Å². The fourth-order valence-corrected chi connectivity index (χ4v) is 5.46. The summed E-state index contributed by atoms with van der Waals surface area (Å²) in [7, 11) is 0. The summed E-state index contributed by atoms with van der Waals surface area (Å²) in [5.41, 5.74) is 6.75. The van der Waals surface area contributed by atoms with Gasteiger partial charge in [-0.15, -0.1) is 0 Å². The minimum Gasteiger partial charge on any atom is -0.483 e. The van der Waals surface area contributed by atoms with Crippen molar-refractivity contribution >= 4 is 46.6 Å². The summed E-state index contributed by atoms with van der Waals surface area (Å²) < 4.78 is 5.61. The average molecular weight is 594 g/mol. The van der Waals surface area contributed by atoms with E-state index in [4.69, 9.17) is 10.5 Å². The van der Waals surface area contributed by atoms with Gasteiger partial charge < -0.3 is 20.7 Å². The number of ether oxygens (including phenoxy) is 1. The summed E-state index contributed by atoms with van der Waals surface area (Å²) in [6.07, 6.45) is 0.755. The maximum atomic E-state index is 13.1. The largest absolute Gasteiger partial charge is 0.483 e. The quantitative estimate of drug-likeness (QED) is 0.112. The van der Waals surface area contributed by atoms with Crippen LogP contribution in [0.4, 0.5) is 17.1 Å². The lowest BCUT2D eigenvalue weighted by molar-refractivity contribution is -0.383. The van der Waals surface area contributed by atoms with E-state index in [1.165, 1.54) is 24.3 Å². The number of nitro groups is 1. The number of imide groups is 2. The van der Waals surface area contributed by atoms with Crippen LogP contribution in [-0.2, 0) is 14.4 Å². The number of nitro benzene ring substituents is 1. The lowest BCUT2D eigenvalue weighted by Crippen LogP contribution is -2.54. The van der Waals surface area contributed by atoms with E-state index in [9.17, 15) is 34.1 Å². The summed E-state index contributed by atoms with van der Waals surface area (Å²) in [4.78, 5) is 78.0. The molecule has 1 atom stereocenters. The topological polar surface area (TPSA) is 198 Å². The summed E-state index contributed by atoms with van der Waals surface area (Å²) in [6.45, 7) is 3.85. The standard InChI is InChI=1S/C28H31N7O8/c29-19-15-17(5-6-20(19)35(41)42)33-13-11-32(12-14-33)10-2-9-30-24(37)16-43-22-4-1-3-18-25(22)28(40)34(27(18)39)21-7-8-23(36)31-26(21)38/h1,3-6,15,21H,2,7-14,16,29H2,(H,30,37)(H,31,36,38). The van der Waals surface area contributed by atoms with E-state index in [-0.39, 0.29) is 47.7 Å². The molecule has 3 heterocycles. The molecular weight excluding hydrogens is 562 g/mol. The molecule has 1 unspecified atom stereocenters. The number of hydrogen-bond donors (Lipinski definition) is 3. The molecule has 15 heteroatoms. The molecule has 2 fully saturated rings. The van der Waals surface area contributed by atoms with Crippen LogP contribution in [0.1, 0.15) is 40.0 Å². The fraction of sp³-hybridized carbons (Fsp3) is 0.393. The summed E-state index contributed by atoms with van der Waals surface area (Å²) >= 11 is 0. The number of nitrogens with one attached hydrogen (secondary N) is 2. The zero-order valence-corrected chi connectivity index (χ0v) is 23.2. The van der Waals surface area contributed by atoms with Gasteiger partial charge in [-0.2, -0.15) is 0 Å². The molecule has 3 aliphatic heterocycles. The molecule has 5 rings (SSSR count). The molecule has 0 radical (unpaired) electrons. The van der Waals surface area contributed by atoms with Crippen molar-refractivity contribution in [3.05, 3.63) is 57.6 Å². The van der Waals surface area contributed by atoms with Crippen LogP contribution >= 0.6 is 0 Å². The van der Waals surface area contributed by atoms with E-state index < -0.39 is 40.5 Å². The number of piperazine rings is 1. The van der Waals surface area contributed by atoms with Crippen LogP contribution in [0.25, 0.3) is 0 Å². The van der Waals surface area contributed by atoms with Gasteiger partial charge in [-0.25, -0.2) is 0 Å². The lowest BCUT2D eigenvalue weighted by atomic mass is 10.0. The van der Waals surface area contributed by atoms with Crippen LogP contribution in [0.2, 0.25) is 0 Å². The Morgan fingerprint density at radius 1 is 1.09 bits per heavy atom. The second kappa shape index (κ2) is 12.4. The van der Waals surface area contributed by atoms with Crippen molar-refractivity contribution in [3.63, 3.8) is 0 Å². The number of hydrogen-bond acceptors (Lipinski definition) is 11. The highest BCUT2D eigenvalue weighted by molar-refractivity contribution is 6.24. The number of carbonyl (C=O) groups is 5. The zero-order chi connectivity index (χ0) is 30.7. The van der Waals surface area contributed by atoms with Crippen LogP contribution < -0.4 is 26.0 Å². The van der Waals surface area contributed by atoms with Crippen LogP contribution in [-0.4, -0.2) is 96.2 Å². The fourth-order valence-electron chi connectivity index (χ4n) is 5.46. The Balaban J connectivity index is 1.05. The molecule has 43 heavy (non-hydrogen) atoms. The molecule has 2 aromatic rings. The monoisotopic (exact) mass is 593 g/mol. The Labute approximate surface area is 246 Å². The van der Waals surface area contributed by atoms with E-state index in [1.807, 2.05) is 0 Å². The van der Waals surface area contributed by atoms with Crippen molar-refractivity contribution in [3.8, 4) is 5.75 Å². The third kappa shape index (κ3) is 6.25. The summed E-state index contributed by atoms with van der Waals surface area (Å²) in [6, 6.07) is 8.12. The first-order chi connectivity index (χ1) is 20.6. The molecule has 2 aromatic carbocycles. The maximum absolute atomic E-state index is 13.1. The molecule has 5 amide bonds.